The number of hydrogen-bond acceptors (Lipinski definition) is 4. The summed E-state index contributed by atoms with van der Waals surface area (Å²) < 4.78 is 0. The Hall–Kier alpha value is -2.33. The number of thioether (sulfide) groups is 1. The largest absolute Gasteiger partial charge is 0.349 e. The summed E-state index contributed by atoms with van der Waals surface area (Å²) in [6.45, 7) is 0. The molecule has 0 spiro atoms. The molecule has 4 heteroatoms. The monoisotopic (exact) mass is 319 g/mol. The number of allylic oxidation sites excluding steroid dienone is 2. The molecule has 0 amide bonds. The molecule has 0 fully saturated rings. The van der Waals surface area contributed by atoms with Gasteiger partial charge in [-0.15, -0.1) is 0 Å². The number of benzene rings is 1. The lowest BCUT2D eigenvalue weighted by Crippen LogP contribution is -2.07. The predicted molar refractivity (Wildman–Crippen MR) is 96.9 cm³/mol. The number of aromatic nitrogens is 1. The minimum absolute atomic E-state index is 0.173. The second-order valence-corrected chi connectivity index (χ2v) is 6.61. The number of para-hydroxylation sites is 1. The lowest BCUT2D eigenvalue weighted by molar-refractivity contribution is 0.741. The van der Waals surface area contributed by atoms with Gasteiger partial charge >= 0.3 is 0 Å². The van der Waals surface area contributed by atoms with Crippen molar-refractivity contribution in [3.05, 3.63) is 77.6 Å². The number of fused-ring (bicyclic) bond motifs is 1. The van der Waals surface area contributed by atoms with E-state index in [0.29, 0.717) is 0 Å². The van der Waals surface area contributed by atoms with E-state index in [0.717, 1.165) is 24.2 Å². The molecule has 0 bridgehead atoms. The highest BCUT2D eigenvalue weighted by molar-refractivity contribution is 8.03. The lowest BCUT2D eigenvalue weighted by atomic mass is 10.1. The van der Waals surface area contributed by atoms with E-state index in [4.69, 9.17) is 4.99 Å². The van der Waals surface area contributed by atoms with Gasteiger partial charge in [0.15, 0.2) is 0 Å². The topological polar surface area (TPSA) is 37.3 Å². The van der Waals surface area contributed by atoms with Crippen molar-refractivity contribution in [2.24, 2.45) is 4.99 Å². The van der Waals surface area contributed by atoms with Crippen LogP contribution in [0.3, 0.4) is 0 Å². The first kappa shape index (κ1) is 14.3. The molecule has 2 aliphatic heterocycles. The Morgan fingerprint density at radius 3 is 2.91 bits per heavy atom. The molecule has 2 aliphatic rings. The molecule has 1 aromatic heterocycles. The summed E-state index contributed by atoms with van der Waals surface area (Å²) in [6, 6.07) is 14.5. The molecule has 1 aromatic carbocycles. The molecular formula is C19H17N3S. The molecule has 0 saturated heterocycles. The smallest absolute Gasteiger partial charge is 0.0881 e. The number of pyridine rings is 1. The van der Waals surface area contributed by atoms with E-state index >= 15 is 0 Å². The van der Waals surface area contributed by atoms with Crippen LogP contribution in [0.4, 0.5) is 5.69 Å². The van der Waals surface area contributed by atoms with Crippen LogP contribution in [0.1, 0.15) is 18.5 Å². The maximum Gasteiger partial charge on any atom is 0.0881 e. The van der Waals surface area contributed by atoms with Crippen molar-refractivity contribution in [3.63, 3.8) is 0 Å². The summed E-state index contributed by atoms with van der Waals surface area (Å²) in [7, 11) is 0. The lowest BCUT2D eigenvalue weighted by Gasteiger charge is -2.08. The number of nitrogens with zero attached hydrogens (tertiary/aromatic N) is 2. The Labute approximate surface area is 140 Å². The second kappa shape index (κ2) is 6.42. The van der Waals surface area contributed by atoms with Crippen LogP contribution in [-0.4, -0.2) is 16.7 Å². The average molecular weight is 319 g/mol. The van der Waals surface area contributed by atoms with Crippen molar-refractivity contribution in [1.82, 2.24) is 4.98 Å². The highest BCUT2D eigenvalue weighted by Gasteiger charge is 2.17. The fraction of sp³-hybridized carbons (Fsp3) is 0.158. The first-order valence-electron chi connectivity index (χ1n) is 7.80. The Morgan fingerprint density at radius 2 is 2.04 bits per heavy atom. The SMILES string of the molecule is C1=CC(c2ccccn2)=NC(/C=C2\Nc3ccccc3S2)CC1. The molecule has 1 unspecified atom stereocenters. The highest BCUT2D eigenvalue weighted by atomic mass is 32.2. The fourth-order valence-corrected chi connectivity index (χ4v) is 3.72. The third-order valence-electron chi connectivity index (χ3n) is 3.85. The minimum Gasteiger partial charge on any atom is -0.349 e. The summed E-state index contributed by atoms with van der Waals surface area (Å²) >= 11 is 1.78. The van der Waals surface area contributed by atoms with Gasteiger partial charge in [-0.1, -0.05) is 36.0 Å². The van der Waals surface area contributed by atoms with Crippen molar-refractivity contribution >= 4 is 23.2 Å². The van der Waals surface area contributed by atoms with Crippen molar-refractivity contribution in [3.8, 4) is 0 Å². The molecule has 23 heavy (non-hydrogen) atoms. The van der Waals surface area contributed by atoms with E-state index < -0.39 is 0 Å². The van der Waals surface area contributed by atoms with E-state index in [9.17, 15) is 0 Å². The first-order chi connectivity index (χ1) is 11.4. The van der Waals surface area contributed by atoms with Crippen molar-refractivity contribution < 1.29 is 0 Å². The molecule has 0 aliphatic carbocycles. The van der Waals surface area contributed by atoms with E-state index in [2.05, 4.69) is 52.8 Å². The Morgan fingerprint density at radius 1 is 1.13 bits per heavy atom. The molecule has 0 saturated carbocycles. The minimum atomic E-state index is 0.173. The van der Waals surface area contributed by atoms with Gasteiger partial charge in [0, 0.05) is 11.1 Å². The summed E-state index contributed by atoms with van der Waals surface area (Å²) in [5.74, 6) is 0. The van der Waals surface area contributed by atoms with Crippen LogP contribution in [-0.2, 0) is 0 Å². The zero-order valence-electron chi connectivity index (χ0n) is 12.6. The quantitative estimate of drug-likeness (QED) is 0.875. The summed E-state index contributed by atoms with van der Waals surface area (Å²) in [5.41, 5.74) is 3.08. The van der Waals surface area contributed by atoms with Crippen LogP contribution in [0.25, 0.3) is 0 Å². The number of aliphatic imine (C=N–C) groups is 1. The van der Waals surface area contributed by atoms with Gasteiger partial charge in [-0.3, -0.25) is 9.98 Å². The van der Waals surface area contributed by atoms with Crippen LogP contribution in [0, 0.1) is 0 Å². The molecular weight excluding hydrogens is 302 g/mol. The number of nitrogens with one attached hydrogen (secondary N) is 1. The van der Waals surface area contributed by atoms with Gasteiger partial charge in [-0.05, 0) is 49.3 Å². The molecule has 114 valence electrons. The molecule has 0 radical (unpaired) electrons. The van der Waals surface area contributed by atoms with Gasteiger partial charge in [-0.2, -0.15) is 0 Å². The third kappa shape index (κ3) is 3.22. The molecule has 3 heterocycles. The summed E-state index contributed by atoms with van der Waals surface area (Å²) in [6.07, 6.45) is 10.4. The van der Waals surface area contributed by atoms with E-state index in [1.54, 1.807) is 11.8 Å². The molecule has 1 N–H and O–H groups in total. The van der Waals surface area contributed by atoms with Gasteiger partial charge in [0.2, 0.25) is 0 Å². The van der Waals surface area contributed by atoms with Gasteiger partial charge in [0.1, 0.15) is 0 Å². The fourth-order valence-electron chi connectivity index (χ4n) is 2.72. The standard InChI is InChI=1S/C19H17N3S/c1-2-9-16(15-8-5-6-12-20-15)21-14(7-1)13-19-22-17-10-3-4-11-18(17)23-19/h2-6,8-14,22H,1,7H2/b19-13+. The Kier molecular flexibility index (Phi) is 3.99. The summed E-state index contributed by atoms with van der Waals surface area (Å²) in [4.78, 5) is 10.6. The number of rotatable bonds is 2. The van der Waals surface area contributed by atoms with Crippen molar-refractivity contribution in [2.75, 3.05) is 5.32 Å². The van der Waals surface area contributed by atoms with Crippen molar-refractivity contribution in [1.29, 1.82) is 0 Å². The average Bonchev–Trinajstić information content (AvgIpc) is 2.85. The van der Waals surface area contributed by atoms with E-state index in [1.807, 2.05) is 24.4 Å². The van der Waals surface area contributed by atoms with Crippen LogP contribution < -0.4 is 5.32 Å². The number of hydrogen-bond donors (Lipinski definition) is 1. The Bertz CT molecular complexity index is 766. The van der Waals surface area contributed by atoms with E-state index in [-0.39, 0.29) is 6.04 Å². The highest BCUT2D eigenvalue weighted by Crippen LogP contribution is 2.40. The van der Waals surface area contributed by atoms with Gasteiger partial charge in [0.25, 0.3) is 0 Å². The molecule has 2 aromatic rings. The van der Waals surface area contributed by atoms with Crippen LogP contribution in [0.15, 0.2) is 81.8 Å². The van der Waals surface area contributed by atoms with Crippen LogP contribution in [0.5, 0.6) is 0 Å². The van der Waals surface area contributed by atoms with Gasteiger partial charge in [-0.25, -0.2) is 0 Å². The second-order valence-electron chi connectivity index (χ2n) is 5.53. The maximum atomic E-state index is 4.91. The van der Waals surface area contributed by atoms with Crippen LogP contribution >= 0.6 is 11.8 Å². The summed E-state index contributed by atoms with van der Waals surface area (Å²) in [5, 5.41) is 4.64. The zero-order valence-corrected chi connectivity index (χ0v) is 13.5. The van der Waals surface area contributed by atoms with Crippen molar-refractivity contribution in [2.45, 2.75) is 23.8 Å². The zero-order chi connectivity index (χ0) is 15.5. The maximum absolute atomic E-state index is 4.91. The van der Waals surface area contributed by atoms with Gasteiger partial charge < -0.3 is 5.32 Å². The molecule has 3 nitrogen and oxygen atoms in total. The third-order valence-corrected chi connectivity index (χ3v) is 4.88. The normalized spacial score (nSPS) is 21.5. The predicted octanol–water partition coefficient (Wildman–Crippen LogP) is 4.65. The molecule has 4 rings (SSSR count). The number of anilines is 1. The van der Waals surface area contributed by atoms with Gasteiger partial charge in [0.05, 0.1) is 28.2 Å². The van der Waals surface area contributed by atoms with Crippen LogP contribution in [0.2, 0.25) is 0 Å². The Balaban J connectivity index is 1.59. The van der Waals surface area contributed by atoms with E-state index in [1.165, 1.54) is 15.6 Å². The molecule has 1 atom stereocenters. The first-order valence-corrected chi connectivity index (χ1v) is 8.61.